The molecule has 0 unspecified atom stereocenters. The van der Waals surface area contributed by atoms with Gasteiger partial charge < -0.3 is 10.5 Å². The highest BCUT2D eigenvalue weighted by Gasteiger charge is 2.16. The Balaban J connectivity index is 2.00. The summed E-state index contributed by atoms with van der Waals surface area (Å²) in [5.41, 5.74) is 6.41. The first kappa shape index (κ1) is 10.4. The van der Waals surface area contributed by atoms with Crippen LogP contribution >= 0.6 is 12.2 Å². The largest absolute Gasteiger partial charge is 0.490 e. The van der Waals surface area contributed by atoms with Crippen molar-refractivity contribution >= 4 is 17.2 Å². The molecule has 0 radical (unpaired) electrons. The standard InChI is InChI=1S/C12H15NOS/c13-12(15)9-5-7-11(8-6-9)14-10-3-1-2-4-10/h5-8,10H,1-4H2,(H2,13,15). The normalized spacial score (nSPS) is 16.5. The Hall–Kier alpha value is -1.09. The van der Waals surface area contributed by atoms with E-state index in [4.69, 9.17) is 22.7 Å². The molecule has 0 saturated heterocycles. The van der Waals surface area contributed by atoms with Gasteiger partial charge in [-0.25, -0.2) is 0 Å². The van der Waals surface area contributed by atoms with Gasteiger partial charge in [0, 0.05) is 5.56 Å². The predicted molar refractivity (Wildman–Crippen MR) is 65.2 cm³/mol. The summed E-state index contributed by atoms with van der Waals surface area (Å²) in [7, 11) is 0. The van der Waals surface area contributed by atoms with Gasteiger partial charge in [0.2, 0.25) is 0 Å². The van der Waals surface area contributed by atoms with E-state index in [-0.39, 0.29) is 0 Å². The van der Waals surface area contributed by atoms with E-state index in [0.29, 0.717) is 11.1 Å². The molecule has 1 aromatic rings. The first-order valence-corrected chi connectivity index (χ1v) is 5.73. The monoisotopic (exact) mass is 221 g/mol. The van der Waals surface area contributed by atoms with Gasteiger partial charge in [0.25, 0.3) is 0 Å². The molecule has 2 N–H and O–H groups in total. The van der Waals surface area contributed by atoms with E-state index in [1.807, 2.05) is 24.3 Å². The fourth-order valence-electron chi connectivity index (χ4n) is 1.90. The van der Waals surface area contributed by atoms with Crippen molar-refractivity contribution in [1.29, 1.82) is 0 Å². The Morgan fingerprint density at radius 3 is 2.33 bits per heavy atom. The van der Waals surface area contributed by atoms with E-state index < -0.39 is 0 Å². The van der Waals surface area contributed by atoms with Crippen LogP contribution in [0.15, 0.2) is 24.3 Å². The maximum absolute atomic E-state index is 5.83. The van der Waals surface area contributed by atoms with Crippen LogP contribution in [0, 0.1) is 0 Å². The molecule has 1 saturated carbocycles. The lowest BCUT2D eigenvalue weighted by Crippen LogP contribution is -2.12. The SMILES string of the molecule is NC(=S)c1ccc(OC2CCCC2)cc1. The molecule has 1 aromatic carbocycles. The second-order valence-electron chi connectivity index (χ2n) is 3.91. The number of thiocarbonyl (C=S) groups is 1. The average molecular weight is 221 g/mol. The summed E-state index contributed by atoms with van der Waals surface area (Å²) in [5.74, 6) is 0.918. The van der Waals surface area contributed by atoms with E-state index in [0.717, 1.165) is 11.3 Å². The van der Waals surface area contributed by atoms with Crippen LogP contribution in [-0.4, -0.2) is 11.1 Å². The Morgan fingerprint density at radius 2 is 1.80 bits per heavy atom. The molecule has 0 spiro atoms. The van der Waals surface area contributed by atoms with Gasteiger partial charge in [-0.3, -0.25) is 0 Å². The van der Waals surface area contributed by atoms with Crippen molar-refractivity contribution in [2.75, 3.05) is 0 Å². The lowest BCUT2D eigenvalue weighted by Gasteiger charge is -2.12. The van der Waals surface area contributed by atoms with Crippen LogP contribution in [0.4, 0.5) is 0 Å². The molecule has 1 fully saturated rings. The maximum Gasteiger partial charge on any atom is 0.119 e. The molecule has 1 aliphatic carbocycles. The van der Waals surface area contributed by atoms with Gasteiger partial charge in [-0.2, -0.15) is 0 Å². The van der Waals surface area contributed by atoms with Crippen LogP contribution < -0.4 is 10.5 Å². The van der Waals surface area contributed by atoms with Crippen molar-refractivity contribution < 1.29 is 4.74 Å². The van der Waals surface area contributed by atoms with Crippen molar-refractivity contribution in [2.24, 2.45) is 5.73 Å². The molecule has 0 aromatic heterocycles. The van der Waals surface area contributed by atoms with Crippen LogP contribution in [0.2, 0.25) is 0 Å². The zero-order chi connectivity index (χ0) is 10.7. The predicted octanol–water partition coefficient (Wildman–Crippen LogP) is 2.64. The molecule has 3 heteroatoms. The van der Waals surface area contributed by atoms with Crippen LogP contribution in [-0.2, 0) is 0 Å². The van der Waals surface area contributed by atoms with Crippen LogP contribution in [0.25, 0.3) is 0 Å². The quantitative estimate of drug-likeness (QED) is 0.797. The molecule has 0 atom stereocenters. The van der Waals surface area contributed by atoms with Gasteiger partial charge in [0.05, 0.1) is 6.10 Å². The summed E-state index contributed by atoms with van der Waals surface area (Å²) in [4.78, 5) is 0.433. The molecule has 0 aliphatic heterocycles. The van der Waals surface area contributed by atoms with Crippen molar-refractivity contribution in [1.82, 2.24) is 0 Å². The van der Waals surface area contributed by atoms with Gasteiger partial charge in [0.1, 0.15) is 10.7 Å². The molecule has 2 rings (SSSR count). The van der Waals surface area contributed by atoms with Crippen molar-refractivity contribution in [3.8, 4) is 5.75 Å². The van der Waals surface area contributed by atoms with Gasteiger partial charge in [0.15, 0.2) is 0 Å². The molecule has 0 bridgehead atoms. The van der Waals surface area contributed by atoms with E-state index in [2.05, 4.69) is 0 Å². The lowest BCUT2D eigenvalue weighted by atomic mass is 10.2. The van der Waals surface area contributed by atoms with Gasteiger partial charge in [-0.05, 0) is 49.9 Å². The van der Waals surface area contributed by atoms with Crippen molar-refractivity contribution in [3.63, 3.8) is 0 Å². The highest BCUT2D eigenvalue weighted by Crippen LogP contribution is 2.24. The second-order valence-corrected chi connectivity index (χ2v) is 4.35. The summed E-state index contributed by atoms with van der Waals surface area (Å²) < 4.78 is 5.83. The summed E-state index contributed by atoms with van der Waals surface area (Å²) in [6.07, 6.45) is 5.33. The minimum atomic E-state index is 0.403. The average Bonchev–Trinajstić information content (AvgIpc) is 2.71. The maximum atomic E-state index is 5.83. The van der Waals surface area contributed by atoms with E-state index in [1.54, 1.807) is 0 Å². The van der Waals surface area contributed by atoms with Crippen LogP contribution in [0.5, 0.6) is 5.75 Å². The van der Waals surface area contributed by atoms with E-state index in [1.165, 1.54) is 25.7 Å². The zero-order valence-electron chi connectivity index (χ0n) is 8.61. The molecular formula is C12H15NOS. The minimum Gasteiger partial charge on any atom is -0.490 e. The highest BCUT2D eigenvalue weighted by molar-refractivity contribution is 7.80. The summed E-state index contributed by atoms with van der Waals surface area (Å²) in [5, 5.41) is 0. The molecule has 1 aliphatic rings. The highest BCUT2D eigenvalue weighted by atomic mass is 32.1. The Bertz CT molecular complexity index is 341. The van der Waals surface area contributed by atoms with Gasteiger partial charge >= 0.3 is 0 Å². The van der Waals surface area contributed by atoms with E-state index >= 15 is 0 Å². The topological polar surface area (TPSA) is 35.2 Å². The molecule has 80 valence electrons. The fourth-order valence-corrected chi connectivity index (χ4v) is 2.03. The number of hydrogen-bond donors (Lipinski definition) is 1. The molecule has 0 heterocycles. The third-order valence-corrected chi connectivity index (χ3v) is 2.98. The summed E-state index contributed by atoms with van der Waals surface area (Å²) in [6.45, 7) is 0. The number of benzene rings is 1. The van der Waals surface area contributed by atoms with Gasteiger partial charge in [-0.1, -0.05) is 12.2 Å². The van der Waals surface area contributed by atoms with Crippen LogP contribution in [0.3, 0.4) is 0 Å². The third kappa shape index (κ3) is 2.69. The minimum absolute atomic E-state index is 0.403. The lowest BCUT2D eigenvalue weighted by molar-refractivity contribution is 0.210. The molecule has 0 amide bonds. The Morgan fingerprint density at radius 1 is 1.20 bits per heavy atom. The Kier molecular flexibility index (Phi) is 3.21. The number of rotatable bonds is 3. The smallest absolute Gasteiger partial charge is 0.119 e. The third-order valence-electron chi connectivity index (χ3n) is 2.74. The van der Waals surface area contributed by atoms with Gasteiger partial charge in [-0.15, -0.1) is 0 Å². The summed E-state index contributed by atoms with van der Waals surface area (Å²) >= 11 is 4.89. The second kappa shape index (κ2) is 4.62. The zero-order valence-corrected chi connectivity index (χ0v) is 9.43. The molecule has 2 nitrogen and oxygen atoms in total. The number of ether oxygens (including phenoxy) is 1. The van der Waals surface area contributed by atoms with E-state index in [9.17, 15) is 0 Å². The van der Waals surface area contributed by atoms with Crippen molar-refractivity contribution in [3.05, 3.63) is 29.8 Å². The fraction of sp³-hybridized carbons (Fsp3) is 0.417. The van der Waals surface area contributed by atoms with Crippen molar-refractivity contribution in [2.45, 2.75) is 31.8 Å². The first-order valence-electron chi connectivity index (χ1n) is 5.32. The molecular weight excluding hydrogens is 206 g/mol. The Labute approximate surface area is 95.4 Å². The number of nitrogens with two attached hydrogens (primary N) is 1. The number of hydrogen-bond acceptors (Lipinski definition) is 2. The van der Waals surface area contributed by atoms with Crippen LogP contribution in [0.1, 0.15) is 31.2 Å². The molecule has 15 heavy (non-hydrogen) atoms. The first-order chi connectivity index (χ1) is 7.25. The summed E-state index contributed by atoms with van der Waals surface area (Å²) in [6, 6.07) is 7.69.